The van der Waals surface area contributed by atoms with E-state index in [2.05, 4.69) is 17.3 Å². The molecule has 11 heteroatoms. The number of hydrogen-bond acceptors (Lipinski definition) is 5. The van der Waals surface area contributed by atoms with Crippen LogP contribution in [0.5, 0.6) is 5.75 Å². The van der Waals surface area contributed by atoms with Crippen molar-refractivity contribution < 1.29 is 19.1 Å². The van der Waals surface area contributed by atoms with E-state index >= 15 is 0 Å². The van der Waals surface area contributed by atoms with Gasteiger partial charge in [-0.05, 0) is 79.9 Å². The molecule has 3 amide bonds. The van der Waals surface area contributed by atoms with Crippen LogP contribution in [-0.4, -0.2) is 74.4 Å². The number of nitrogens with one attached hydrogen (secondary N) is 1. The summed E-state index contributed by atoms with van der Waals surface area (Å²) >= 11 is 12.6. The lowest BCUT2D eigenvalue weighted by atomic mass is 9.90. The number of methoxy groups -OCH3 is 1. The Morgan fingerprint density at radius 3 is 2.42 bits per heavy atom. The maximum atomic E-state index is 13.9. The summed E-state index contributed by atoms with van der Waals surface area (Å²) < 4.78 is 5.54. The van der Waals surface area contributed by atoms with Crippen molar-refractivity contribution in [2.24, 2.45) is 0 Å². The van der Waals surface area contributed by atoms with Gasteiger partial charge in [0.1, 0.15) is 5.75 Å². The molecule has 1 saturated heterocycles. The van der Waals surface area contributed by atoms with E-state index in [1.165, 1.54) is 7.11 Å². The van der Waals surface area contributed by atoms with Crippen LogP contribution >= 0.6 is 35.6 Å². The van der Waals surface area contributed by atoms with Crippen LogP contribution in [-0.2, 0) is 4.79 Å². The zero-order chi connectivity index (χ0) is 29.8. The van der Waals surface area contributed by atoms with Gasteiger partial charge in [-0.15, -0.1) is 12.4 Å². The van der Waals surface area contributed by atoms with Crippen LogP contribution in [0, 0.1) is 0 Å². The number of rotatable bonds is 6. The van der Waals surface area contributed by atoms with Gasteiger partial charge in [0.25, 0.3) is 11.8 Å². The van der Waals surface area contributed by atoms with Crippen molar-refractivity contribution in [1.29, 1.82) is 0 Å². The normalized spacial score (nSPS) is 16.9. The molecule has 1 unspecified atom stereocenters. The number of fused-ring (bicyclic) bond motifs is 1. The topological polar surface area (TPSA) is 82.2 Å². The third kappa shape index (κ3) is 7.44. The molecule has 0 aromatic heterocycles. The molecular formula is C32H35Cl3N4O4. The highest BCUT2D eigenvalue weighted by molar-refractivity contribution is 6.34. The van der Waals surface area contributed by atoms with Crippen molar-refractivity contribution in [1.82, 2.24) is 9.80 Å². The Bertz CT molecular complexity index is 1490. The number of hydrogen-bond donors (Lipinski definition) is 1. The molecule has 43 heavy (non-hydrogen) atoms. The standard InChI is InChI=1S/C32H34Cl2N4O4.ClH/c1-36-14-16-37(17-15-36)30(39)19-21-6-5-13-38(28-12-10-23(33)20-25(21)28)32(41)22-9-11-27(29(18-22)42-2)35-31(40)24-7-3-4-8-26(24)34;/h3-4,7-12,18,20-21H,5-6,13-17,19H2,1-2H3,(H,35,40);1H. The molecule has 1 fully saturated rings. The molecule has 0 radical (unpaired) electrons. The minimum atomic E-state index is -0.381. The molecule has 8 nitrogen and oxygen atoms in total. The molecule has 2 aliphatic heterocycles. The fourth-order valence-corrected chi connectivity index (χ4v) is 6.01. The minimum absolute atomic E-state index is 0. The first kappa shape index (κ1) is 32.6. The Hall–Kier alpha value is -3.30. The van der Waals surface area contributed by atoms with E-state index < -0.39 is 0 Å². The zero-order valence-electron chi connectivity index (χ0n) is 24.1. The SMILES string of the molecule is COc1cc(C(=O)N2CCCC(CC(=O)N3CCN(C)CC3)c3cc(Cl)ccc32)ccc1NC(=O)c1ccccc1Cl.Cl. The lowest BCUT2D eigenvalue weighted by Crippen LogP contribution is -2.47. The van der Waals surface area contributed by atoms with Gasteiger partial charge in [0.15, 0.2) is 0 Å². The highest BCUT2D eigenvalue weighted by Gasteiger charge is 2.31. The molecule has 5 rings (SSSR count). The van der Waals surface area contributed by atoms with E-state index in [1.807, 2.05) is 17.0 Å². The lowest BCUT2D eigenvalue weighted by molar-refractivity contribution is -0.133. The number of nitrogens with zero attached hydrogens (tertiary/aromatic N) is 3. The van der Waals surface area contributed by atoms with Crippen molar-refractivity contribution in [2.75, 3.05) is 57.1 Å². The summed E-state index contributed by atoms with van der Waals surface area (Å²) in [5, 5.41) is 3.73. The van der Waals surface area contributed by atoms with Crippen LogP contribution in [0.25, 0.3) is 0 Å². The molecule has 0 bridgehead atoms. The van der Waals surface area contributed by atoms with E-state index in [4.69, 9.17) is 27.9 Å². The van der Waals surface area contributed by atoms with Crippen molar-refractivity contribution >= 4 is 64.7 Å². The van der Waals surface area contributed by atoms with Gasteiger partial charge in [-0.1, -0.05) is 35.3 Å². The number of halogens is 3. The maximum Gasteiger partial charge on any atom is 0.258 e. The third-order valence-electron chi connectivity index (χ3n) is 7.99. The largest absolute Gasteiger partial charge is 0.495 e. The Morgan fingerprint density at radius 1 is 0.953 bits per heavy atom. The number of ether oxygens (including phenoxy) is 1. The second-order valence-electron chi connectivity index (χ2n) is 10.7. The molecule has 3 aromatic carbocycles. The number of benzene rings is 3. The predicted molar refractivity (Wildman–Crippen MR) is 173 cm³/mol. The van der Waals surface area contributed by atoms with Crippen molar-refractivity contribution in [3.8, 4) is 5.75 Å². The quantitative estimate of drug-likeness (QED) is 0.337. The molecule has 228 valence electrons. The van der Waals surface area contributed by atoms with Gasteiger partial charge in [-0.25, -0.2) is 0 Å². The zero-order valence-corrected chi connectivity index (χ0v) is 26.5. The van der Waals surface area contributed by atoms with Crippen LogP contribution < -0.4 is 15.0 Å². The highest BCUT2D eigenvalue weighted by Crippen LogP contribution is 2.39. The molecule has 0 aliphatic carbocycles. The monoisotopic (exact) mass is 644 g/mol. The second kappa shape index (κ2) is 14.4. The molecule has 2 heterocycles. The Kier molecular flexibility index (Phi) is 11.0. The van der Waals surface area contributed by atoms with E-state index in [0.29, 0.717) is 45.6 Å². The number of carbonyl (C=O) groups excluding carboxylic acids is 3. The summed E-state index contributed by atoms with van der Waals surface area (Å²) in [6.45, 7) is 3.69. The fourth-order valence-electron chi connectivity index (χ4n) is 5.61. The maximum absolute atomic E-state index is 13.9. The van der Waals surface area contributed by atoms with Crippen LogP contribution in [0.15, 0.2) is 60.7 Å². The van der Waals surface area contributed by atoms with Crippen LogP contribution in [0.2, 0.25) is 10.0 Å². The summed E-state index contributed by atoms with van der Waals surface area (Å²) in [4.78, 5) is 45.9. The number of carbonyl (C=O) groups is 3. The number of likely N-dealkylation sites (N-methyl/N-ethyl adjacent to an activating group) is 1. The van der Waals surface area contributed by atoms with Gasteiger partial charge >= 0.3 is 0 Å². The first-order valence-electron chi connectivity index (χ1n) is 14.1. The summed E-state index contributed by atoms with van der Waals surface area (Å²) in [7, 11) is 3.55. The average Bonchev–Trinajstić information content (AvgIpc) is 3.16. The van der Waals surface area contributed by atoms with Crippen LogP contribution in [0.1, 0.15) is 51.5 Å². The van der Waals surface area contributed by atoms with Crippen LogP contribution in [0.3, 0.4) is 0 Å². The first-order valence-corrected chi connectivity index (χ1v) is 14.8. The summed E-state index contributed by atoms with van der Waals surface area (Å²) in [5.74, 6) is -0.137. The smallest absolute Gasteiger partial charge is 0.258 e. The van der Waals surface area contributed by atoms with Crippen molar-refractivity contribution in [2.45, 2.75) is 25.2 Å². The summed E-state index contributed by atoms with van der Waals surface area (Å²) in [5.41, 5.74) is 2.83. The van der Waals surface area contributed by atoms with E-state index in [1.54, 1.807) is 53.4 Å². The van der Waals surface area contributed by atoms with Crippen molar-refractivity contribution in [3.05, 3.63) is 87.4 Å². The minimum Gasteiger partial charge on any atom is -0.495 e. The van der Waals surface area contributed by atoms with Crippen molar-refractivity contribution in [3.63, 3.8) is 0 Å². The molecule has 3 aromatic rings. The first-order chi connectivity index (χ1) is 20.2. The molecule has 2 aliphatic rings. The van der Waals surface area contributed by atoms with Gasteiger partial charge in [-0.3, -0.25) is 14.4 Å². The van der Waals surface area contributed by atoms with E-state index in [-0.39, 0.29) is 36.0 Å². The molecule has 1 N–H and O–H groups in total. The Labute approximate surface area is 268 Å². The average molecular weight is 646 g/mol. The fraction of sp³-hybridized carbons (Fsp3) is 0.344. The molecule has 0 saturated carbocycles. The second-order valence-corrected chi connectivity index (χ2v) is 11.6. The molecule has 1 atom stereocenters. The Morgan fingerprint density at radius 2 is 1.70 bits per heavy atom. The van der Waals surface area contributed by atoms with Gasteiger partial charge < -0.3 is 24.8 Å². The molecular weight excluding hydrogens is 611 g/mol. The van der Waals surface area contributed by atoms with E-state index in [9.17, 15) is 14.4 Å². The van der Waals surface area contributed by atoms with E-state index in [0.717, 1.165) is 50.3 Å². The lowest BCUT2D eigenvalue weighted by Gasteiger charge is -2.33. The van der Waals surface area contributed by atoms with Gasteiger partial charge in [-0.2, -0.15) is 0 Å². The summed E-state index contributed by atoms with van der Waals surface area (Å²) in [6, 6.07) is 17.2. The highest BCUT2D eigenvalue weighted by atomic mass is 35.5. The van der Waals surface area contributed by atoms with Gasteiger partial charge in [0, 0.05) is 55.4 Å². The number of amides is 3. The molecule has 0 spiro atoms. The number of piperazine rings is 1. The predicted octanol–water partition coefficient (Wildman–Crippen LogP) is 6.36. The Balaban J connectivity index is 0.00000423. The van der Waals surface area contributed by atoms with Gasteiger partial charge in [0.2, 0.25) is 5.91 Å². The third-order valence-corrected chi connectivity index (χ3v) is 8.56. The summed E-state index contributed by atoms with van der Waals surface area (Å²) in [6.07, 6.45) is 1.89. The van der Waals surface area contributed by atoms with Crippen LogP contribution in [0.4, 0.5) is 11.4 Å². The van der Waals surface area contributed by atoms with Gasteiger partial charge in [0.05, 0.1) is 23.4 Å². The number of anilines is 2.